The molecule has 18 heteroatoms. The number of ether oxygens (including phenoxy) is 1. The summed E-state index contributed by atoms with van der Waals surface area (Å²) in [6.07, 6.45) is -0.440. The summed E-state index contributed by atoms with van der Waals surface area (Å²) in [5.41, 5.74) is 3.19. The molecule has 6 N–H and O–H groups in total. The molecule has 0 radical (unpaired) electrons. The van der Waals surface area contributed by atoms with Crippen LogP contribution in [0.3, 0.4) is 0 Å². The molecule has 1 fully saturated rings. The summed E-state index contributed by atoms with van der Waals surface area (Å²) in [5.74, 6) is -5.22. The van der Waals surface area contributed by atoms with Gasteiger partial charge in [0.25, 0.3) is 11.6 Å². The Morgan fingerprint density at radius 3 is 2.16 bits per heavy atom. The molecule has 0 spiro atoms. The lowest BCUT2D eigenvalue weighted by molar-refractivity contribution is -0.385. The second kappa shape index (κ2) is 20.6. The number of rotatable bonds is 20. The summed E-state index contributed by atoms with van der Waals surface area (Å²) in [7, 11) is 0. The molecule has 1 saturated heterocycles. The second-order valence-electron chi connectivity index (χ2n) is 15.5. The van der Waals surface area contributed by atoms with Crippen LogP contribution in [-0.2, 0) is 46.7 Å². The van der Waals surface area contributed by atoms with E-state index in [1.165, 1.54) is 24.1 Å². The number of nitrogens with zero attached hydrogens (tertiary/aromatic N) is 2. The van der Waals surface area contributed by atoms with Crippen molar-refractivity contribution < 1.29 is 43.2 Å². The third kappa shape index (κ3) is 12.4. The number of Topliss-reactive ketones (excluding diaryl/α,β-unsaturated/α-hetero) is 1. The summed E-state index contributed by atoms with van der Waals surface area (Å²) in [6, 6.07) is 8.65. The van der Waals surface area contributed by atoms with Crippen LogP contribution in [0.15, 0.2) is 48.5 Å². The van der Waals surface area contributed by atoms with E-state index in [1.807, 2.05) is 44.2 Å². The van der Waals surface area contributed by atoms with Crippen molar-refractivity contribution in [3.63, 3.8) is 0 Å². The van der Waals surface area contributed by atoms with E-state index in [0.717, 1.165) is 5.56 Å². The first-order valence-corrected chi connectivity index (χ1v) is 19.4. The molecular weight excluding hydrogens is 752 g/mol. The molecule has 4 rings (SSSR count). The zero-order chi connectivity index (χ0) is 42.7. The number of hydrogen-bond acceptors (Lipinski definition) is 11. The van der Waals surface area contributed by atoms with E-state index >= 15 is 0 Å². The minimum atomic E-state index is -1.32. The number of carbonyl (C=O) groups is 7. The van der Waals surface area contributed by atoms with E-state index in [2.05, 4.69) is 32.0 Å². The Morgan fingerprint density at radius 2 is 1.55 bits per heavy atom. The van der Waals surface area contributed by atoms with E-state index < -0.39 is 83.0 Å². The first-order valence-electron chi connectivity index (χ1n) is 19.4. The molecule has 314 valence electrons. The number of amides is 6. The highest BCUT2D eigenvalue weighted by molar-refractivity contribution is 6.01. The number of nitrogens with one attached hydrogen (secondary N) is 6. The van der Waals surface area contributed by atoms with Crippen molar-refractivity contribution in [1.29, 1.82) is 0 Å². The summed E-state index contributed by atoms with van der Waals surface area (Å²) >= 11 is 0. The minimum absolute atomic E-state index is 0.0393. The van der Waals surface area contributed by atoms with Crippen molar-refractivity contribution >= 4 is 46.9 Å². The number of carbonyl (C=O) groups excluding carboxylic acids is 7. The second-order valence-corrected chi connectivity index (χ2v) is 15.5. The van der Waals surface area contributed by atoms with Gasteiger partial charge in [0.1, 0.15) is 23.7 Å². The van der Waals surface area contributed by atoms with E-state index in [1.54, 1.807) is 26.8 Å². The number of nitro groups is 1. The lowest BCUT2D eigenvalue weighted by Gasteiger charge is -2.31. The third-order valence-corrected chi connectivity index (χ3v) is 9.96. The highest BCUT2D eigenvalue weighted by atomic mass is 16.6. The van der Waals surface area contributed by atoms with Crippen molar-refractivity contribution in [1.82, 2.24) is 37.0 Å². The summed E-state index contributed by atoms with van der Waals surface area (Å²) < 4.78 is 6.04. The first-order chi connectivity index (χ1) is 27.4. The highest BCUT2D eigenvalue weighted by Crippen LogP contribution is 2.26. The highest BCUT2D eigenvalue weighted by Gasteiger charge is 2.38. The Hall–Kier alpha value is -5.75. The maximum absolute atomic E-state index is 14.2. The van der Waals surface area contributed by atoms with Gasteiger partial charge in [-0.05, 0) is 49.1 Å². The normalized spacial score (nSPS) is 17.8. The quantitative estimate of drug-likeness (QED) is 0.0825. The SMILES string of the molecule is CC(=O)N[C@H](C(=O)N[C@H](C(=O)N[C@@H](CC(C)C)C(=O)N[C@@H](C[C@@H]1CCNC1=O)C(=O)CN1Cc2cccc([N+](=O)[O-])c2C(=O)N1)C(C)OCc1ccccc1)C(C)C. The largest absolute Gasteiger partial charge is 0.371 e. The molecule has 2 aliphatic rings. The van der Waals surface area contributed by atoms with Crippen LogP contribution in [-0.4, -0.2) is 94.5 Å². The molecule has 18 nitrogen and oxygen atoms in total. The van der Waals surface area contributed by atoms with Crippen LogP contribution in [0, 0.1) is 27.9 Å². The lowest BCUT2D eigenvalue weighted by atomic mass is 9.94. The van der Waals surface area contributed by atoms with Crippen molar-refractivity contribution in [2.45, 2.75) is 104 Å². The molecular formula is C40H54N8O10. The zero-order valence-corrected chi connectivity index (χ0v) is 33.7. The number of nitro benzene ring substituents is 1. The van der Waals surface area contributed by atoms with Crippen molar-refractivity contribution in [3.8, 4) is 0 Å². The maximum Gasteiger partial charge on any atom is 0.282 e. The van der Waals surface area contributed by atoms with Crippen molar-refractivity contribution in [3.05, 3.63) is 75.3 Å². The number of ketones is 1. The molecule has 2 aliphatic heterocycles. The summed E-state index contributed by atoms with van der Waals surface area (Å²) in [4.78, 5) is 104. The van der Waals surface area contributed by atoms with Crippen LogP contribution in [0.2, 0.25) is 0 Å². The summed E-state index contributed by atoms with van der Waals surface area (Å²) in [6.45, 7) is 10.1. The van der Waals surface area contributed by atoms with Crippen LogP contribution in [0.1, 0.15) is 82.3 Å². The van der Waals surface area contributed by atoms with Gasteiger partial charge in [0, 0.05) is 32.0 Å². The predicted octanol–water partition coefficient (Wildman–Crippen LogP) is 1.42. The van der Waals surface area contributed by atoms with Gasteiger partial charge in [-0.1, -0.05) is 70.2 Å². The molecule has 58 heavy (non-hydrogen) atoms. The molecule has 2 aromatic rings. The van der Waals surface area contributed by atoms with Gasteiger partial charge in [-0.15, -0.1) is 0 Å². The standard InChI is InChI=1S/C40H54N8O10/c1-22(2)17-30(44-40(55)35(24(5)58-21-26-11-8-7-9-12-26)45-39(54)34(23(3)4)42-25(6)49)37(52)43-29(18-27-15-16-41-36(27)51)32(50)20-47-19-28-13-10-14-31(48(56)57)33(28)38(53)46-47/h7-14,22-24,27,29-30,34-35H,15-21H2,1-6H3,(H,41,51)(H,42,49)(H,43,52)(H,44,55)(H,45,54)(H,46,53)/t24?,27-,29-,30-,34-,35-/m0/s1. The number of hydrazine groups is 1. The fourth-order valence-corrected chi connectivity index (χ4v) is 6.92. The molecule has 0 saturated carbocycles. The smallest absolute Gasteiger partial charge is 0.282 e. The first kappa shape index (κ1) is 45.0. The number of fused-ring (bicyclic) bond motifs is 1. The van der Waals surface area contributed by atoms with Gasteiger partial charge < -0.3 is 31.3 Å². The van der Waals surface area contributed by atoms with E-state index in [0.29, 0.717) is 18.5 Å². The van der Waals surface area contributed by atoms with Gasteiger partial charge in [-0.3, -0.25) is 49.1 Å². The third-order valence-electron chi connectivity index (χ3n) is 9.96. The van der Waals surface area contributed by atoms with Crippen LogP contribution in [0.4, 0.5) is 5.69 Å². The van der Waals surface area contributed by atoms with Crippen LogP contribution >= 0.6 is 0 Å². The fourth-order valence-electron chi connectivity index (χ4n) is 6.92. The molecule has 6 amide bonds. The molecule has 0 aromatic heterocycles. The van der Waals surface area contributed by atoms with Gasteiger partial charge in [-0.25, -0.2) is 5.01 Å². The molecule has 1 unspecified atom stereocenters. The average Bonchev–Trinajstić information content (AvgIpc) is 3.57. The van der Waals surface area contributed by atoms with Crippen LogP contribution in [0.25, 0.3) is 0 Å². The Kier molecular flexibility index (Phi) is 16.0. The van der Waals surface area contributed by atoms with Gasteiger partial charge in [0.05, 0.1) is 30.2 Å². The molecule has 6 atom stereocenters. The fraction of sp³-hybridized carbons (Fsp3) is 0.525. The molecule has 0 bridgehead atoms. The number of hydrogen-bond donors (Lipinski definition) is 6. The maximum atomic E-state index is 14.2. The van der Waals surface area contributed by atoms with Crippen LogP contribution < -0.4 is 32.0 Å². The topological polar surface area (TPSA) is 247 Å². The Morgan fingerprint density at radius 1 is 0.879 bits per heavy atom. The Balaban J connectivity index is 1.56. The van der Waals surface area contributed by atoms with Gasteiger partial charge in [-0.2, -0.15) is 0 Å². The van der Waals surface area contributed by atoms with Crippen molar-refractivity contribution in [2.75, 3.05) is 13.1 Å². The van der Waals surface area contributed by atoms with Gasteiger partial charge >= 0.3 is 0 Å². The van der Waals surface area contributed by atoms with E-state index in [-0.39, 0.29) is 55.0 Å². The van der Waals surface area contributed by atoms with Crippen LogP contribution in [0.5, 0.6) is 0 Å². The molecule has 0 aliphatic carbocycles. The van der Waals surface area contributed by atoms with Gasteiger partial charge in [0.15, 0.2) is 5.78 Å². The Bertz CT molecular complexity index is 1860. The number of benzene rings is 2. The van der Waals surface area contributed by atoms with E-state index in [9.17, 15) is 43.7 Å². The Labute approximate surface area is 337 Å². The summed E-state index contributed by atoms with van der Waals surface area (Å²) in [5, 5.41) is 26.4. The van der Waals surface area contributed by atoms with Crippen molar-refractivity contribution in [2.24, 2.45) is 17.8 Å². The lowest BCUT2D eigenvalue weighted by Crippen LogP contribution is -2.61. The zero-order valence-electron chi connectivity index (χ0n) is 33.7. The van der Waals surface area contributed by atoms with E-state index in [4.69, 9.17) is 4.74 Å². The molecule has 2 heterocycles. The monoisotopic (exact) mass is 806 g/mol. The average molecular weight is 807 g/mol. The predicted molar refractivity (Wildman–Crippen MR) is 210 cm³/mol. The van der Waals surface area contributed by atoms with Gasteiger partial charge in [0.2, 0.25) is 29.5 Å². The molecule has 2 aromatic carbocycles. The minimum Gasteiger partial charge on any atom is -0.371 e.